The van der Waals surface area contributed by atoms with Gasteiger partial charge in [0.1, 0.15) is 11.5 Å². The Kier molecular flexibility index (Phi) is 3.54. The van der Waals surface area contributed by atoms with Crippen molar-refractivity contribution >= 4 is 5.78 Å². The summed E-state index contributed by atoms with van der Waals surface area (Å²) < 4.78 is 0. The molecule has 0 amide bonds. The van der Waals surface area contributed by atoms with Crippen molar-refractivity contribution < 1.29 is 9.90 Å². The summed E-state index contributed by atoms with van der Waals surface area (Å²) in [5, 5.41) is 10.1. The minimum atomic E-state index is -0.0208. The van der Waals surface area contributed by atoms with E-state index in [9.17, 15) is 9.90 Å². The molecule has 4 atom stereocenters. The van der Waals surface area contributed by atoms with Crippen molar-refractivity contribution in [3.8, 4) is 5.75 Å². The van der Waals surface area contributed by atoms with Crippen LogP contribution in [-0.4, -0.2) is 34.9 Å². The molecule has 1 saturated heterocycles. The lowest BCUT2D eigenvalue weighted by atomic mass is 9.49. The Hall–Kier alpha value is -1.35. The highest BCUT2D eigenvalue weighted by atomic mass is 16.3. The monoisotopic (exact) mass is 339 g/mol. The Bertz CT molecular complexity index is 710. The van der Waals surface area contributed by atoms with Gasteiger partial charge in [0.05, 0.1) is 0 Å². The Balaban J connectivity index is 1.63. The van der Waals surface area contributed by atoms with Gasteiger partial charge in [-0.2, -0.15) is 0 Å². The molecule has 1 aromatic rings. The van der Waals surface area contributed by atoms with Gasteiger partial charge in [-0.25, -0.2) is 0 Å². The van der Waals surface area contributed by atoms with Crippen LogP contribution in [0, 0.1) is 17.8 Å². The molecular weight excluding hydrogens is 310 g/mol. The van der Waals surface area contributed by atoms with Gasteiger partial charge in [0, 0.05) is 30.8 Å². The van der Waals surface area contributed by atoms with Crippen molar-refractivity contribution in [1.82, 2.24) is 4.90 Å². The number of rotatable bonds is 3. The number of ketones is 1. The van der Waals surface area contributed by atoms with E-state index in [2.05, 4.69) is 17.9 Å². The van der Waals surface area contributed by atoms with Crippen molar-refractivity contribution in [3.63, 3.8) is 0 Å². The largest absolute Gasteiger partial charge is 0.508 e. The molecule has 3 unspecified atom stereocenters. The van der Waals surface area contributed by atoms with Gasteiger partial charge >= 0.3 is 0 Å². The minimum Gasteiger partial charge on any atom is -0.508 e. The summed E-state index contributed by atoms with van der Waals surface area (Å²) in [6.07, 6.45) is 7.54. The van der Waals surface area contributed by atoms with Crippen LogP contribution in [0.2, 0.25) is 0 Å². The van der Waals surface area contributed by atoms with E-state index in [0.29, 0.717) is 35.8 Å². The summed E-state index contributed by atoms with van der Waals surface area (Å²) in [5.41, 5.74) is 2.66. The van der Waals surface area contributed by atoms with E-state index in [1.807, 2.05) is 12.1 Å². The number of benzene rings is 1. The normalized spacial score (nSPS) is 37.5. The molecule has 3 heteroatoms. The molecule has 2 saturated carbocycles. The number of carbonyl (C=O) groups is 1. The zero-order valence-electron chi connectivity index (χ0n) is 15.2. The number of hydrogen-bond donors (Lipinski definition) is 1. The summed E-state index contributed by atoms with van der Waals surface area (Å²) in [6, 6.07) is 6.53. The molecule has 25 heavy (non-hydrogen) atoms. The number of nitrogens with zero attached hydrogens (tertiary/aromatic N) is 1. The molecule has 3 nitrogen and oxygen atoms in total. The van der Waals surface area contributed by atoms with Crippen molar-refractivity contribution in [1.29, 1.82) is 0 Å². The van der Waals surface area contributed by atoms with Crippen LogP contribution in [0.5, 0.6) is 5.75 Å². The fourth-order valence-corrected chi connectivity index (χ4v) is 6.44. The highest BCUT2D eigenvalue weighted by molar-refractivity contribution is 5.82. The Morgan fingerprint density at radius 2 is 2.12 bits per heavy atom. The van der Waals surface area contributed by atoms with Gasteiger partial charge in [-0.05, 0) is 73.2 Å². The van der Waals surface area contributed by atoms with E-state index in [-0.39, 0.29) is 5.41 Å². The second-order valence-corrected chi connectivity index (χ2v) is 9.07. The summed E-state index contributed by atoms with van der Waals surface area (Å²) in [5.74, 6) is 2.80. The Morgan fingerprint density at radius 1 is 1.28 bits per heavy atom. The van der Waals surface area contributed by atoms with Crippen LogP contribution in [0.25, 0.3) is 0 Å². The third kappa shape index (κ3) is 2.38. The van der Waals surface area contributed by atoms with Crippen molar-refractivity contribution in [2.24, 2.45) is 17.8 Å². The van der Waals surface area contributed by atoms with Crippen LogP contribution in [0.4, 0.5) is 0 Å². The lowest BCUT2D eigenvalue weighted by Gasteiger charge is -2.61. The second-order valence-electron chi connectivity index (χ2n) is 9.07. The number of Topliss-reactive ketones (excluding diaryl/α,β-unsaturated/α-hetero) is 1. The second kappa shape index (κ2) is 5.57. The first-order valence-corrected chi connectivity index (χ1v) is 10.2. The first-order chi connectivity index (χ1) is 12.1. The number of likely N-dealkylation sites (tertiary alicyclic amines) is 1. The molecule has 1 aliphatic heterocycles. The van der Waals surface area contributed by atoms with Gasteiger partial charge in [0.25, 0.3) is 0 Å². The SMILES string of the molecule is CC[C@H]1CC(=O)CC23CCN(CC4CC4)C(Cc4ccc(O)cc42)C13. The molecule has 1 heterocycles. The summed E-state index contributed by atoms with van der Waals surface area (Å²) in [6.45, 7) is 4.64. The van der Waals surface area contributed by atoms with E-state index >= 15 is 0 Å². The fraction of sp³-hybridized carbons (Fsp3) is 0.682. The van der Waals surface area contributed by atoms with Crippen molar-refractivity contribution in [2.75, 3.05) is 13.1 Å². The average Bonchev–Trinajstić information content (AvgIpc) is 3.41. The highest BCUT2D eigenvalue weighted by Gasteiger charge is 2.58. The maximum absolute atomic E-state index is 12.7. The van der Waals surface area contributed by atoms with Crippen LogP contribution >= 0.6 is 0 Å². The van der Waals surface area contributed by atoms with Crippen molar-refractivity contribution in [3.05, 3.63) is 29.3 Å². The predicted molar refractivity (Wildman–Crippen MR) is 97.7 cm³/mol. The number of piperidine rings is 1. The summed E-state index contributed by atoms with van der Waals surface area (Å²) >= 11 is 0. The van der Waals surface area contributed by atoms with Gasteiger partial charge in [-0.3, -0.25) is 9.69 Å². The van der Waals surface area contributed by atoms with Gasteiger partial charge in [-0.1, -0.05) is 19.4 Å². The van der Waals surface area contributed by atoms with Crippen molar-refractivity contribution in [2.45, 2.75) is 63.3 Å². The molecule has 1 N–H and O–H groups in total. The smallest absolute Gasteiger partial charge is 0.134 e. The Morgan fingerprint density at radius 3 is 2.88 bits per heavy atom. The number of phenolic OH excluding ortho intramolecular Hbond substituents is 1. The molecule has 3 fully saturated rings. The molecule has 0 aromatic heterocycles. The third-order valence-corrected chi connectivity index (χ3v) is 7.65. The van der Waals surface area contributed by atoms with E-state index in [0.717, 1.165) is 38.1 Å². The molecule has 0 spiro atoms. The number of hydrogen-bond acceptors (Lipinski definition) is 3. The van der Waals surface area contributed by atoms with E-state index in [1.165, 1.54) is 30.5 Å². The molecule has 1 aromatic carbocycles. The lowest BCUT2D eigenvalue weighted by Crippen LogP contribution is -2.64. The fourth-order valence-electron chi connectivity index (χ4n) is 6.44. The van der Waals surface area contributed by atoms with Gasteiger partial charge in [-0.15, -0.1) is 0 Å². The van der Waals surface area contributed by atoms with Crippen LogP contribution < -0.4 is 0 Å². The summed E-state index contributed by atoms with van der Waals surface area (Å²) in [4.78, 5) is 15.4. The van der Waals surface area contributed by atoms with Crippen LogP contribution in [-0.2, 0) is 16.6 Å². The molecule has 0 radical (unpaired) electrons. The minimum absolute atomic E-state index is 0.0208. The molecule has 5 rings (SSSR count). The maximum Gasteiger partial charge on any atom is 0.134 e. The number of aromatic hydroxyl groups is 1. The molecule has 134 valence electrons. The lowest BCUT2D eigenvalue weighted by molar-refractivity contribution is -0.132. The highest BCUT2D eigenvalue weighted by Crippen LogP contribution is 2.58. The first-order valence-electron chi connectivity index (χ1n) is 10.2. The van der Waals surface area contributed by atoms with Crippen LogP contribution in [0.1, 0.15) is 56.6 Å². The molecule has 2 bridgehead atoms. The third-order valence-electron chi connectivity index (χ3n) is 7.65. The topological polar surface area (TPSA) is 40.5 Å². The standard InChI is InChI=1S/C22H29NO2/c1-2-15-9-18(25)12-22-7-8-23(13-14-3-4-14)20(21(15)22)10-16-5-6-17(24)11-19(16)22/h5-6,11,14-15,20-21,24H,2-4,7-10,12-13H2,1H3/t15-,20?,21?,22?/m0/s1. The number of carbonyl (C=O) groups excluding carboxylic acids is 1. The zero-order chi connectivity index (χ0) is 17.2. The molecule has 3 aliphatic carbocycles. The van der Waals surface area contributed by atoms with E-state index in [1.54, 1.807) is 0 Å². The summed E-state index contributed by atoms with van der Waals surface area (Å²) in [7, 11) is 0. The van der Waals surface area contributed by atoms with Gasteiger partial charge in [0.15, 0.2) is 0 Å². The maximum atomic E-state index is 12.7. The van der Waals surface area contributed by atoms with E-state index < -0.39 is 0 Å². The molecule has 4 aliphatic rings. The quantitative estimate of drug-likeness (QED) is 0.913. The average molecular weight is 339 g/mol. The number of phenols is 1. The van der Waals surface area contributed by atoms with Crippen LogP contribution in [0.3, 0.4) is 0 Å². The Labute approximate surface area is 150 Å². The van der Waals surface area contributed by atoms with Crippen LogP contribution in [0.15, 0.2) is 18.2 Å². The zero-order valence-corrected chi connectivity index (χ0v) is 15.2. The number of fused-ring (bicyclic) bond motifs is 1. The van der Waals surface area contributed by atoms with Gasteiger partial charge < -0.3 is 5.11 Å². The predicted octanol–water partition coefficient (Wildman–Crippen LogP) is 3.68. The van der Waals surface area contributed by atoms with E-state index in [4.69, 9.17) is 0 Å². The molecular formula is C22H29NO2. The van der Waals surface area contributed by atoms with Gasteiger partial charge in [0.2, 0.25) is 0 Å². The first kappa shape index (κ1) is 15.9.